The molecule has 2 atom stereocenters. The van der Waals surface area contributed by atoms with E-state index >= 15 is 0 Å². The molecule has 11 heteroatoms. The van der Waals surface area contributed by atoms with Crippen molar-refractivity contribution in [2.75, 3.05) is 13.2 Å². The third-order valence-corrected chi connectivity index (χ3v) is 2.38. The third kappa shape index (κ3) is 9.15. The Bertz CT molecular complexity index is 262. The van der Waals surface area contributed by atoms with E-state index in [-0.39, 0.29) is 13.2 Å². The maximum atomic E-state index is 10.2. The van der Waals surface area contributed by atoms with E-state index in [1.807, 2.05) is 0 Å². The first kappa shape index (κ1) is 18.8. The first-order valence-electron chi connectivity index (χ1n) is 4.19. The van der Waals surface area contributed by atoms with Crippen molar-refractivity contribution >= 4 is 13.6 Å². The minimum Gasteiger partial charge on any atom is -0.480 e. The first-order valence-corrected chi connectivity index (χ1v) is 5.87. The highest BCUT2D eigenvalue weighted by Crippen LogP contribution is 2.40. The first-order chi connectivity index (χ1) is 7.57. The molecule has 9 N–H and O–H groups in total. The van der Waals surface area contributed by atoms with Gasteiger partial charge in [-0.25, -0.2) is 0 Å². The van der Waals surface area contributed by atoms with E-state index < -0.39 is 31.6 Å². The normalized spacial score (nSPS) is 14.8. The van der Waals surface area contributed by atoms with Gasteiger partial charge in [-0.15, -0.1) is 0 Å². The Hall–Kier alpha value is -0.580. The fourth-order valence-electron chi connectivity index (χ4n) is 0.394. The highest BCUT2D eigenvalue weighted by Gasteiger charge is 2.36. The Morgan fingerprint density at radius 1 is 1.18 bits per heavy atom. The third-order valence-electron chi connectivity index (χ3n) is 1.37. The Balaban J connectivity index is 0. The Labute approximate surface area is 96.1 Å². The Kier molecular flexibility index (Phi) is 9.39. The number of aliphatic carboxylic acids is 1. The van der Waals surface area contributed by atoms with Gasteiger partial charge in [0.15, 0.2) is 5.85 Å². The number of hydrogen-bond acceptors (Lipinski definition) is 7. The average Bonchev–Trinajstić information content (AvgIpc) is 2.25. The van der Waals surface area contributed by atoms with Crippen LogP contribution in [0.15, 0.2) is 0 Å². The summed E-state index contributed by atoms with van der Waals surface area (Å²) in [5, 5.41) is 40.7. The van der Waals surface area contributed by atoms with Crippen LogP contribution in [0.5, 0.6) is 0 Å². The Morgan fingerprint density at radius 2 is 1.53 bits per heavy atom. The largest absolute Gasteiger partial charge is 0.480 e. The van der Waals surface area contributed by atoms with E-state index in [4.69, 9.17) is 41.1 Å². The molecule has 0 amide bonds. The summed E-state index contributed by atoms with van der Waals surface area (Å²) < 4.78 is 10.2. The fraction of sp³-hybridized carbons (Fsp3) is 0.833. The van der Waals surface area contributed by atoms with Gasteiger partial charge >= 0.3 is 13.6 Å². The second-order valence-corrected chi connectivity index (χ2v) is 4.59. The maximum Gasteiger partial charge on any atom is 0.356 e. The zero-order chi connectivity index (χ0) is 14.2. The van der Waals surface area contributed by atoms with Crippen LogP contribution in [0, 0.1) is 0 Å². The van der Waals surface area contributed by atoms with Gasteiger partial charge in [0.05, 0.1) is 13.2 Å². The number of carbonyl (C=O) groups is 1. The second-order valence-electron chi connectivity index (χ2n) is 2.89. The predicted octanol–water partition coefficient (Wildman–Crippen LogP) is -3.77. The number of aliphatic hydroxyl groups is 4. The summed E-state index contributed by atoms with van der Waals surface area (Å²) in [6.07, 6.45) is -0.954. The lowest BCUT2D eigenvalue weighted by atomic mass is 10.3. The summed E-state index contributed by atoms with van der Waals surface area (Å²) >= 11 is 0. The van der Waals surface area contributed by atoms with Crippen LogP contribution in [0.25, 0.3) is 0 Å². The second kappa shape index (κ2) is 8.50. The lowest BCUT2D eigenvalue weighted by molar-refractivity contribution is -0.140. The monoisotopic (exact) mass is 277 g/mol. The molecule has 0 radical (unpaired) electrons. The van der Waals surface area contributed by atoms with Crippen molar-refractivity contribution in [3.63, 3.8) is 0 Å². The molecule has 0 aromatic rings. The average molecular weight is 277 g/mol. The molecule has 0 aliphatic carbocycles. The van der Waals surface area contributed by atoms with Gasteiger partial charge in [0, 0.05) is 0 Å². The molecule has 0 saturated heterocycles. The van der Waals surface area contributed by atoms with Crippen molar-refractivity contribution < 1.29 is 44.7 Å². The number of carboxylic acids is 1. The van der Waals surface area contributed by atoms with E-state index in [1.54, 1.807) is 0 Å². The number of carboxylic acid groups (broad SMARTS) is 1. The standard InChI is InChI=1S/C3H8NO6P.C3H8O3/c4-1(2(5)6)3(7)11(8,9)10;4-1-3(6)2-5/h1,3,7H,4H2,(H,5,6)(H2,8,9,10);3-6H,1-2H2/t1-,3?;/m1./s1. The molecule has 0 heterocycles. The molecule has 0 bridgehead atoms. The molecule has 10 nitrogen and oxygen atoms in total. The van der Waals surface area contributed by atoms with Gasteiger partial charge in [-0.05, 0) is 0 Å². The Morgan fingerprint density at radius 3 is 1.59 bits per heavy atom. The summed E-state index contributed by atoms with van der Waals surface area (Å²) in [5.74, 6) is -4.01. The number of nitrogens with two attached hydrogens (primary N) is 1. The van der Waals surface area contributed by atoms with E-state index in [0.29, 0.717) is 0 Å². The fourth-order valence-corrected chi connectivity index (χ4v) is 0.940. The van der Waals surface area contributed by atoms with E-state index in [9.17, 15) is 9.36 Å². The number of aliphatic hydroxyl groups excluding tert-OH is 4. The summed E-state index contributed by atoms with van der Waals surface area (Å²) in [4.78, 5) is 26.4. The van der Waals surface area contributed by atoms with Crippen molar-refractivity contribution in [3.05, 3.63) is 0 Å². The summed E-state index contributed by atoms with van der Waals surface area (Å²) in [6, 6.07) is -1.96. The molecular formula is C6H16NO9P. The smallest absolute Gasteiger partial charge is 0.356 e. The minimum absolute atomic E-state index is 0.365. The lowest BCUT2D eigenvalue weighted by Crippen LogP contribution is -2.41. The van der Waals surface area contributed by atoms with Gasteiger partial charge in [-0.3, -0.25) is 9.36 Å². The molecule has 0 fully saturated rings. The quantitative estimate of drug-likeness (QED) is 0.230. The van der Waals surface area contributed by atoms with Crippen molar-refractivity contribution in [1.82, 2.24) is 0 Å². The highest BCUT2D eigenvalue weighted by atomic mass is 31.2. The molecule has 0 rings (SSSR count). The molecule has 0 aliphatic rings. The zero-order valence-electron chi connectivity index (χ0n) is 8.62. The predicted molar refractivity (Wildman–Crippen MR) is 53.8 cm³/mol. The minimum atomic E-state index is -4.82. The summed E-state index contributed by atoms with van der Waals surface area (Å²) in [6.45, 7) is -0.729. The molecule has 0 saturated carbocycles. The van der Waals surface area contributed by atoms with Crippen molar-refractivity contribution in [2.45, 2.75) is 18.0 Å². The van der Waals surface area contributed by atoms with Crippen LogP contribution in [-0.2, 0) is 9.36 Å². The van der Waals surface area contributed by atoms with Crippen LogP contribution in [-0.4, -0.2) is 72.5 Å². The van der Waals surface area contributed by atoms with Gasteiger partial charge in [0.2, 0.25) is 0 Å². The van der Waals surface area contributed by atoms with E-state index in [1.165, 1.54) is 0 Å². The van der Waals surface area contributed by atoms with Crippen LogP contribution in [0.3, 0.4) is 0 Å². The molecule has 0 aromatic heterocycles. The lowest BCUT2D eigenvalue weighted by Gasteiger charge is -2.15. The highest BCUT2D eigenvalue weighted by molar-refractivity contribution is 7.52. The van der Waals surface area contributed by atoms with E-state index in [2.05, 4.69) is 0 Å². The van der Waals surface area contributed by atoms with Crippen LogP contribution >= 0.6 is 7.60 Å². The summed E-state index contributed by atoms with van der Waals surface area (Å²) in [7, 11) is -4.82. The van der Waals surface area contributed by atoms with Crippen LogP contribution < -0.4 is 5.73 Å². The van der Waals surface area contributed by atoms with Gasteiger partial charge in [0.25, 0.3) is 0 Å². The van der Waals surface area contributed by atoms with Crippen molar-refractivity contribution in [3.8, 4) is 0 Å². The van der Waals surface area contributed by atoms with E-state index in [0.717, 1.165) is 0 Å². The molecule has 0 aliphatic heterocycles. The zero-order valence-corrected chi connectivity index (χ0v) is 9.51. The SMILES string of the molecule is N[C@H](C(=O)O)C(O)P(=O)(O)O.OCC(O)CO. The van der Waals surface area contributed by atoms with Crippen LogP contribution in [0.2, 0.25) is 0 Å². The molecule has 0 spiro atoms. The molecular weight excluding hydrogens is 261 g/mol. The topological polar surface area (TPSA) is 202 Å². The van der Waals surface area contributed by atoms with Gasteiger partial charge in [-0.1, -0.05) is 0 Å². The number of rotatable bonds is 5. The maximum absolute atomic E-state index is 10.2. The molecule has 1 unspecified atom stereocenters. The van der Waals surface area contributed by atoms with Gasteiger partial charge in [-0.2, -0.15) is 0 Å². The van der Waals surface area contributed by atoms with Gasteiger partial charge < -0.3 is 41.1 Å². The molecule has 104 valence electrons. The van der Waals surface area contributed by atoms with Crippen LogP contribution in [0.4, 0.5) is 0 Å². The number of hydrogen-bond donors (Lipinski definition) is 8. The molecule has 17 heavy (non-hydrogen) atoms. The van der Waals surface area contributed by atoms with Gasteiger partial charge in [0.1, 0.15) is 12.1 Å². The van der Waals surface area contributed by atoms with Crippen LogP contribution in [0.1, 0.15) is 0 Å². The van der Waals surface area contributed by atoms with Crippen molar-refractivity contribution in [1.29, 1.82) is 0 Å². The molecule has 0 aromatic carbocycles. The van der Waals surface area contributed by atoms with Crippen molar-refractivity contribution in [2.24, 2.45) is 5.73 Å². The summed E-state index contributed by atoms with van der Waals surface area (Å²) in [5.41, 5.74) is 4.70.